The molecule has 0 atom stereocenters. The van der Waals surface area contributed by atoms with Crippen LogP contribution in [-0.4, -0.2) is 34.6 Å². The van der Waals surface area contributed by atoms with Gasteiger partial charge in [0, 0.05) is 25.0 Å². The molecule has 0 unspecified atom stereocenters. The predicted octanol–water partition coefficient (Wildman–Crippen LogP) is 5.42. The van der Waals surface area contributed by atoms with Crippen molar-refractivity contribution < 1.29 is 9.18 Å². The van der Waals surface area contributed by atoms with Crippen molar-refractivity contribution in [1.29, 1.82) is 0 Å². The number of fused-ring (bicyclic) bond motifs is 1. The SMILES string of the molecule is Cc1cc(F)cc(Cn2c(N3CCC(C(=O)NC4CCCC4)CC3)nc3cc(C)c(C)cc32)c1. The molecule has 1 aromatic heterocycles. The number of hydrogen-bond donors (Lipinski definition) is 1. The van der Waals surface area contributed by atoms with Crippen molar-refractivity contribution in [3.05, 3.63) is 58.4 Å². The summed E-state index contributed by atoms with van der Waals surface area (Å²) >= 11 is 0. The molecule has 1 N–H and O–H groups in total. The fourth-order valence-electron chi connectivity index (χ4n) is 5.58. The maximum atomic E-state index is 14.1. The van der Waals surface area contributed by atoms with Gasteiger partial charge in [-0.05, 0) is 93.0 Å². The lowest BCUT2D eigenvalue weighted by molar-refractivity contribution is -0.126. The fraction of sp³-hybridized carbons (Fsp3) is 0.500. The molecule has 2 aromatic carbocycles. The normalized spacial score (nSPS) is 17.6. The summed E-state index contributed by atoms with van der Waals surface area (Å²) in [5, 5.41) is 3.28. The van der Waals surface area contributed by atoms with Crippen LogP contribution in [0, 0.1) is 32.5 Å². The Morgan fingerprint density at radius 3 is 2.41 bits per heavy atom. The number of carbonyl (C=O) groups excluding carboxylic acids is 1. The summed E-state index contributed by atoms with van der Waals surface area (Å²) < 4.78 is 16.4. The lowest BCUT2D eigenvalue weighted by Crippen LogP contribution is -2.43. The highest BCUT2D eigenvalue weighted by molar-refractivity contribution is 5.81. The van der Waals surface area contributed by atoms with Gasteiger partial charge in [-0.25, -0.2) is 9.37 Å². The fourth-order valence-corrected chi connectivity index (χ4v) is 5.58. The van der Waals surface area contributed by atoms with Crippen molar-refractivity contribution in [2.45, 2.75) is 71.9 Å². The second kappa shape index (κ2) is 9.40. The maximum Gasteiger partial charge on any atom is 0.223 e. The number of aryl methyl sites for hydroxylation is 3. The average molecular weight is 463 g/mol. The molecule has 1 saturated heterocycles. The first-order valence-corrected chi connectivity index (χ1v) is 12.7. The van der Waals surface area contributed by atoms with Gasteiger partial charge in [-0.1, -0.05) is 18.9 Å². The Hall–Kier alpha value is -2.89. The summed E-state index contributed by atoms with van der Waals surface area (Å²) in [6, 6.07) is 9.92. The lowest BCUT2D eigenvalue weighted by Gasteiger charge is -2.33. The van der Waals surface area contributed by atoms with E-state index in [2.05, 4.69) is 40.8 Å². The van der Waals surface area contributed by atoms with Gasteiger partial charge in [-0.2, -0.15) is 0 Å². The standard InChI is InChI=1S/C28H35FN4O/c1-18-12-21(16-23(29)13-18)17-33-26-15-20(3)19(2)14-25(26)31-28(33)32-10-8-22(9-11-32)27(34)30-24-6-4-5-7-24/h12-16,22,24H,4-11,17H2,1-3H3,(H,30,34). The minimum Gasteiger partial charge on any atom is -0.353 e. The molecular weight excluding hydrogens is 427 g/mol. The quantitative estimate of drug-likeness (QED) is 0.551. The van der Waals surface area contributed by atoms with E-state index in [1.807, 2.05) is 13.0 Å². The lowest BCUT2D eigenvalue weighted by atomic mass is 9.95. The summed E-state index contributed by atoms with van der Waals surface area (Å²) in [6.45, 7) is 8.31. The first-order valence-electron chi connectivity index (χ1n) is 12.7. The van der Waals surface area contributed by atoms with Crippen molar-refractivity contribution in [2.75, 3.05) is 18.0 Å². The maximum absolute atomic E-state index is 14.1. The first kappa shape index (κ1) is 22.9. The molecule has 1 aliphatic carbocycles. The zero-order valence-corrected chi connectivity index (χ0v) is 20.5. The molecule has 2 heterocycles. The minimum absolute atomic E-state index is 0.0741. The Labute approximate surface area is 201 Å². The topological polar surface area (TPSA) is 50.2 Å². The third-order valence-electron chi connectivity index (χ3n) is 7.64. The number of carbonyl (C=O) groups is 1. The third kappa shape index (κ3) is 4.68. The monoisotopic (exact) mass is 462 g/mol. The summed E-state index contributed by atoms with van der Waals surface area (Å²) in [5.74, 6) is 1.00. The number of aromatic nitrogens is 2. The number of piperidine rings is 1. The van der Waals surface area contributed by atoms with Gasteiger partial charge in [0.05, 0.1) is 17.6 Å². The third-order valence-corrected chi connectivity index (χ3v) is 7.64. The van der Waals surface area contributed by atoms with E-state index in [9.17, 15) is 9.18 Å². The van der Waals surface area contributed by atoms with Gasteiger partial charge in [-0.3, -0.25) is 4.79 Å². The number of hydrogen-bond acceptors (Lipinski definition) is 3. The van der Waals surface area contributed by atoms with E-state index in [1.165, 1.54) is 24.0 Å². The van der Waals surface area contributed by atoms with Gasteiger partial charge in [0.2, 0.25) is 11.9 Å². The van der Waals surface area contributed by atoms with Crippen LogP contribution in [0.2, 0.25) is 0 Å². The molecule has 5 nitrogen and oxygen atoms in total. The van der Waals surface area contributed by atoms with Crippen LogP contribution in [0.4, 0.5) is 10.3 Å². The number of anilines is 1. The average Bonchev–Trinajstić information content (AvgIpc) is 3.42. The van der Waals surface area contributed by atoms with Gasteiger partial charge in [0.25, 0.3) is 0 Å². The van der Waals surface area contributed by atoms with E-state index in [4.69, 9.17) is 4.98 Å². The number of rotatable bonds is 5. The van der Waals surface area contributed by atoms with Crippen LogP contribution in [0.3, 0.4) is 0 Å². The van der Waals surface area contributed by atoms with Gasteiger partial charge in [0.15, 0.2) is 0 Å². The second-order valence-electron chi connectivity index (χ2n) is 10.3. The first-order chi connectivity index (χ1) is 16.4. The molecule has 0 spiro atoms. The highest BCUT2D eigenvalue weighted by Crippen LogP contribution is 2.30. The van der Waals surface area contributed by atoms with Crippen molar-refractivity contribution in [3.8, 4) is 0 Å². The van der Waals surface area contributed by atoms with Crippen LogP contribution in [0.25, 0.3) is 11.0 Å². The Morgan fingerprint density at radius 2 is 1.71 bits per heavy atom. The van der Waals surface area contributed by atoms with E-state index in [0.717, 1.165) is 66.9 Å². The Bertz CT molecular complexity index is 1180. The summed E-state index contributed by atoms with van der Waals surface area (Å²) in [5.41, 5.74) is 6.32. The van der Waals surface area contributed by atoms with Crippen molar-refractivity contribution in [3.63, 3.8) is 0 Å². The second-order valence-corrected chi connectivity index (χ2v) is 10.3. The molecule has 34 heavy (non-hydrogen) atoms. The van der Waals surface area contributed by atoms with Gasteiger partial charge in [-0.15, -0.1) is 0 Å². The van der Waals surface area contributed by atoms with Crippen LogP contribution in [-0.2, 0) is 11.3 Å². The number of halogens is 1. The smallest absolute Gasteiger partial charge is 0.223 e. The van der Waals surface area contributed by atoms with Crippen LogP contribution < -0.4 is 10.2 Å². The van der Waals surface area contributed by atoms with Crippen LogP contribution >= 0.6 is 0 Å². The molecule has 5 rings (SSSR count). The summed E-state index contributed by atoms with van der Waals surface area (Å²) in [4.78, 5) is 20.1. The predicted molar refractivity (Wildman–Crippen MR) is 135 cm³/mol. The molecule has 2 aliphatic rings. The van der Waals surface area contributed by atoms with Crippen LogP contribution in [0.1, 0.15) is 60.8 Å². The van der Waals surface area contributed by atoms with Crippen molar-refractivity contribution in [2.24, 2.45) is 5.92 Å². The Morgan fingerprint density at radius 1 is 1.00 bits per heavy atom. The van der Waals surface area contributed by atoms with E-state index >= 15 is 0 Å². The highest BCUT2D eigenvalue weighted by atomic mass is 19.1. The van der Waals surface area contributed by atoms with Crippen molar-refractivity contribution in [1.82, 2.24) is 14.9 Å². The van der Waals surface area contributed by atoms with Gasteiger partial charge >= 0.3 is 0 Å². The molecule has 0 bridgehead atoms. The molecule has 180 valence electrons. The Kier molecular flexibility index (Phi) is 6.32. The number of imidazole rings is 1. The number of amides is 1. The van der Waals surface area contributed by atoms with Gasteiger partial charge in [0.1, 0.15) is 5.82 Å². The number of nitrogens with one attached hydrogen (secondary N) is 1. The summed E-state index contributed by atoms with van der Waals surface area (Å²) in [6.07, 6.45) is 6.35. The summed E-state index contributed by atoms with van der Waals surface area (Å²) in [7, 11) is 0. The van der Waals surface area contributed by atoms with E-state index < -0.39 is 0 Å². The highest BCUT2D eigenvalue weighted by Gasteiger charge is 2.29. The van der Waals surface area contributed by atoms with Crippen molar-refractivity contribution >= 4 is 22.9 Å². The van der Waals surface area contributed by atoms with E-state index in [1.54, 1.807) is 12.1 Å². The zero-order chi connectivity index (χ0) is 23.8. The molecule has 0 radical (unpaired) electrons. The number of benzene rings is 2. The molecule has 1 amide bonds. The Balaban J connectivity index is 1.40. The molecule has 6 heteroatoms. The van der Waals surface area contributed by atoms with Gasteiger partial charge < -0.3 is 14.8 Å². The molecule has 1 aliphatic heterocycles. The van der Waals surface area contributed by atoms with E-state index in [0.29, 0.717) is 12.6 Å². The molecule has 3 aromatic rings. The molecular formula is C28H35FN4O. The largest absolute Gasteiger partial charge is 0.353 e. The minimum atomic E-state index is -0.206. The van der Waals surface area contributed by atoms with Crippen LogP contribution in [0.5, 0.6) is 0 Å². The van der Waals surface area contributed by atoms with E-state index in [-0.39, 0.29) is 17.6 Å². The zero-order valence-electron chi connectivity index (χ0n) is 20.5. The molecule has 2 fully saturated rings. The van der Waals surface area contributed by atoms with Crippen LogP contribution in [0.15, 0.2) is 30.3 Å². The number of nitrogens with zero attached hydrogens (tertiary/aromatic N) is 3. The molecule has 1 saturated carbocycles.